The number of amides is 5. The molecule has 0 aromatic heterocycles. The molecule has 9 heteroatoms. The van der Waals surface area contributed by atoms with Crippen LogP contribution in [0.4, 0.5) is 10.5 Å². The zero-order chi connectivity index (χ0) is 23.2. The molecule has 178 valence electrons. The van der Waals surface area contributed by atoms with Gasteiger partial charge in [0, 0.05) is 31.2 Å². The van der Waals surface area contributed by atoms with Crippen LogP contribution in [0.5, 0.6) is 0 Å². The number of urea groups is 1. The molecule has 5 amide bonds. The van der Waals surface area contributed by atoms with E-state index in [0.29, 0.717) is 31.7 Å². The Morgan fingerprint density at radius 1 is 0.939 bits per heavy atom. The molecule has 0 spiro atoms. The normalized spacial score (nSPS) is 24.1. The molecule has 2 atom stereocenters. The minimum absolute atomic E-state index is 0.00827. The van der Waals surface area contributed by atoms with Gasteiger partial charge in [0.15, 0.2) is 0 Å². The standard InChI is InChI=1S/C24H33N5O4/c30-21-19(12-7-13-25-21)27-22(31)20-16-28(24(33)26-18-10-5-2-6-11-18)14-15-29(20)23(32)17-8-3-1-4-9-17/h2,5-6,10-11,17,19-20H,1,3-4,7-9,12-16H2,(H,25,30)(H,26,33)(H,27,31)/t19-,20+/m0/s1. The Balaban J connectivity index is 1.47. The van der Waals surface area contributed by atoms with E-state index < -0.39 is 12.1 Å². The molecule has 33 heavy (non-hydrogen) atoms. The second-order valence-corrected chi connectivity index (χ2v) is 9.12. The third-order valence-electron chi connectivity index (χ3n) is 6.83. The zero-order valence-electron chi connectivity index (χ0n) is 18.9. The van der Waals surface area contributed by atoms with E-state index in [1.807, 2.05) is 18.2 Å². The van der Waals surface area contributed by atoms with Crippen molar-refractivity contribution in [1.82, 2.24) is 20.4 Å². The highest BCUT2D eigenvalue weighted by Gasteiger charge is 2.40. The number of nitrogens with one attached hydrogen (secondary N) is 3. The van der Waals surface area contributed by atoms with Crippen molar-refractivity contribution in [2.75, 3.05) is 31.5 Å². The lowest BCUT2D eigenvalue weighted by Crippen LogP contribution is -2.64. The van der Waals surface area contributed by atoms with E-state index >= 15 is 0 Å². The van der Waals surface area contributed by atoms with E-state index in [-0.39, 0.29) is 36.2 Å². The molecule has 4 rings (SSSR count). The lowest BCUT2D eigenvalue weighted by molar-refractivity contribution is -0.147. The minimum atomic E-state index is -0.815. The van der Waals surface area contributed by atoms with Crippen molar-refractivity contribution in [1.29, 1.82) is 0 Å². The molecule has 9 nitrogen and oxygen atoms in total. The van der Waals surface area contributed by atoms with E-state index in [9.17, 15) is 19.2 Å². The van der Waals surface area contributed by atoms with E-state index in [4.69, 9.17) is 0 Å². The Bertz CT molecular complexity index is 871. The summed E-state index contributed by atoms with van der Waals surface area (Å²) in [6.07, 6.45) is 6.22. The molecule has 0 unspecified atom stereocenters. The molecule has 1 aromatic carbocycles. The third kappa shape index (κ3) is 5.64. The SMILES string of the molecule is O=C1NCCC[C@@H]1NC(=O)[C@H]1CN(C(=O)Nc2ccccc2)CCN1C(=O)C1CCCCC1. The van der Waals surface area contributed by atoms with Gasteiger partial charge in [-0.1, -0.05) is 37.5 Å². The average Bonchev–Trinajstić information content (AvgIpc) is 2.85. The second-order valence-electron chi connectivity index (χ2n) is 9.12. The molecule has 1 aliphatic carbocycles. The van der Waals surface area contributed by atoms with Crippen LogP contribution >= 0.6 is 0 Å². The summed E-state index contributed by atoms with van der Waals surface area (Å²) in [6.45, 7) is 1.35. The molecule has 0 radical (unpaired) electrons. The summed E-state index contributed by atoms with van der Waals surface area (Å²) in [6, 6.07) is 7.41. The van der Waals surface area contributed by atoms with E-state index in [2.05, 4.69) is 16.0 Å². The highest BCUT2D eigenvalue weighted by Crippen LogP contribution is 2.27. The van der Waals surface area contributed by atoms with Crippen LogP contribution in [0.3, 0.4) is 0 Å². The molecular weight excluding hydrogens is 422 g/mol. The monoisotopic (exact) mass is 455 g/mol. The minimum Gasteiger partial charge on any atom is -0.354 e. The average molecular weight is 456 g/mol. The van der Waals surface area contributed by atoms with Crippen LogP contribution in [0.2, 0.25) is 0 Å². The molecule has 3 N–H and O–H groups in total. The van der Waals surface area contributed by atoms with Crippen LogP contribution in [0.15, 0.2) is 30.3 Å². The number of carbonyl (C=O) groups is 4. The van der Waals surface area contributed by atoms with Gasteiger partial charge in [-0.05, 0) is 37.8 Å². The topological polar surface area (TPSA) is 111 Å². The smallest absolute Gasteiger partial charge is 0.321 e. The van der Waals surface area contributed by atoms with Crippen molar-refractivity contribution >= 4 is 29.4 Å². The van der Waals surface area contributed by atoms with Gasteiger partial charge in [0.05, 0.1) is 6.54 Å². The fourth-order valence-corrected chi connectivity index (χ4v) is 4.94. The van der Waals surface area contributed by atoms with Gasteiger partial charge in [-0.25, -0.2) is 4.79 Å². The maximum atomic E-state index is 13.3. The van der Waals surface area contributed by atoms with Crippen LogP contribution in [-0.4, -0.2) is 71.8 Å². The lowest BCUT2D eigenvalue weighted by atomic mass is 9.87. The number of para-hydroxylation sites is 1. The summed E-state index contributed by atoms with van der Waals surface area (Å²) in [4.78, 5) is 54.9. The molecule has 3 fully saturated rings. The summed E-state index contributed by atoms with van der Waals surface area (Å²) >= 11 is 0. The van der Waals surface area contributed by atoms with Crippen molar-refractivity contribution < 1.29 is 19.2 Å². The number of rotatable bonds is 4. The van der Waals surface area contributed by atoms with Crippen LogP contribution in [0.1, 0.15) is 44.9 Å². The van der Waals surface area contributed by atoms with Crippen molar-refractivity contribution in [2.24, 2.45) is 5.92 Å². The summed E-state index contributed by atoms with van der Waals surface area (Å²) in [5.74, 6) is -0.657. The molecule has 1 aromatic rings. The molecule has 3 aliphatic rings. The Morgan fingerprint density at radius 3 is 2.42 bits per heavy atom. The molecule has 2 heterocycles. The fourth-order valence-electron chi connectivity index (χ4n) is 4.94. The number of piperazine rings is 1. The van der Waals surface area contributed by atoms with Crippen LogP contribution in [-0.2, 0) is 14.4 Å². The predicted octanol–water partition coefficient (Wildman–Crippen LogP) is 1.71. The molecule has 2 saturated heterocycles. The number of carbonyl (C=O) groups excluding carboxylic acids is 4. The van der Waals surface area contributed by atoms with Crippen LogP contribution in [0, 0.1) is 5.92 Å². The largest absolute Gasteiger partial charge is 0.354 e. The summed E-state index contributed by atoms with van der Waals surface area (Å²) in [5.41, 5.74) is 0.670. The number of hydrogen-bond donors (Lipinski definition) is 3. The van der Waals surface area contributed by atoms with E-state index in [1.54, 1.807) is 21.9 Å². The highest BCUT2D eigenvalue weighted by atomic mass is 16.2. The Morgan fingerprint density at radius 2 is 1.70 bits per heavy atom. The first-order chi connectivity index (χ1) is 16.0. The number of nitrogens with zero attached hydrogens (tertiary/aromatic N) is 2. The number of anilines is 1. The van der Waals surface area contributed by atoms with Crippen molar-refractivity contribution in [3.05, 3.63) is 30.3 Å². The molecular formula is C24H33N5O4. The summed E-state index contributed by atoms with van der Waals surface area (Å²) < 4.78 is 0. The van der Waals surface area contributed by atoms with Gasteiger partial charge in [0.1, 0.15) is 12.1 Å². The maximum Gasteiger partial charge on any atom is 0.321 e. The van der Waals surface area contributed by atoms with Gasteiger partial charge in [-0.3, -0.25) is 14.4 Å². The van der Waals surface area contributed by atoms with Gasteiger partial charge in [-0.2, -0.15) is 0 Å². The van der Waals surface area contributed by atoms with Crippen molar-refractivity contribution in [2.45, 2.75) is 57.0 Å². The third-order valence-corrected chi connectivity index (χ3v) is 6.83. The highest BCUT2D eigenvalue weighted by molar-refractivity contribution is 5.94. The van der Waals surface area contributed by atoms with Crippen molar-refractivity contribution in [3.8, 4) is 0 Å². The molecule has 2 aliphatic heterocycles. The van der Waals surface area contributed by atoms with Crippen LogP contribution < -0.4 is 16.0 Å². The first-order valence-corrected chi connectivity index (χ1v) is 12.0. The van der Waals surface area contributed by atoms with Gasteiger partial charge in [-0.15, -0.1) is 0 Å². The maximum absolute atomic E-state index is 13.3. The van der Waals surface area contributed by atoms with Gasteiger partial charge in [0.2, 0.25) is 17.7 Å². The lowest BCUT2D eigenvalue weighted by Gasteiger charge is -2.42. The summed E-state index contributed by atoms with van der Waals surface area (Å²) in [5, 5.41) is 8.46. The Hall–Kier alpha value is -3.10. The first-order valence-electron chi connectivity index (χ1n) is 12.0. The Labute approximate surface area is 194 Å². The second kappa shape index (κ2) is 10.7. The van der Waals surface area contributed by atoms with E-state index in [0.717, 1.165) is 38.5 Å². The number of piperidine rings is 1. The van der Waals surface area contributed by atoms with Gasteiger partial charge < -0.3 is 25.8 Å². The van der Waals surface area contributed by atoms with Crippen molar-refractivity contribution in [3.63, 3.8) is 0 Å². The molecule has 1 saturated carbocycles. The molecule has 0 bridgehead atoms. The predicted molar refractivity (Wildman–Crippen MR) is 123 cm³/mol. The van der Waals surface area contributed by atoms with Gasteiger partial charge >= 0.3 is 6.03 Å². The zero-order valence-corrected chi connectivity index (χ0v) is 18.9. The fraction of sp³-hybridized carbons (Fsp3) is 0.583. The number of benzene rings is 1. The van der Waals surface area contributed by atoms with Crippen LogP contribution in [0.25, 0.3) is 0 Å². The quantitative estimate of drug-likeness (QED) is 0.642. The van der Waals surface area contributed by atoms with E-state index in [1.165, 1.54) is 0 Å². The first kappa shape index (κ1) is 23.1. The Kier molecular flexibility index (Phi) is 7.47. The summed E-state index contributed by atoms with van der Waals surface area (Å²) in [7, 11) is 0. The number of hydrogen-bond acceptors (Lipinski definition) is 4. The van der Waals surface area contributed by atoms with Gasteiger partial charge in [0.25, 0.3) is 0 Å².